The van der Waals surface area contributed by atoms with E-state index in [9.17, 15) is 13.9 Å². The molecule has 0 aliphatic rings. The number of rotatable bonds is 4. The quantitative estimate of drug-likeness (QED) is 0.519. The summed E-state index contributed by atoms with van der Waals surface area (Å²) in [5, 5.41) is 2.40. The molecule has 0 heterocycles. The molecule has 0 unspecified atom stereocenters. The number of hydrogen-bond donors (Lipinski definition) is 5. The highest BCUT2D eigenvalue weighted by molar-refractivity contribution is 7.74. The molecule has 0 saturated carbocycles. The van der Waals surface area contributed by atoms with E-state index in [1.54, 1.807) is 0 Å². The minimum Gasteiger partial charge on any atom is -0.324 e. The van der Waals surface area contributed by atoms with Gasteiger partial charge in [-0.05, 0) is 31.2 Å². The van der Waals surface area contributed by atoms with Gasteiger partial charge in [-0.1, -0.05) is 11.6 Å². The summed E-state index contributed by atoms with van der Waals surface area (Å²) in [5.41, 5.74) is 0.0903. The third-order valence-corrected chi connectivity index (χ3v) is 7.16. The number of amides is 1. The van der Waals surface area contributed by atoms with Crippen molar-refractivity contribution < 1.29 is 33.5 Å². The summed E-state index contributed by atoms with van der Waals surface area (Å²) < 4.78 is 22.6. The van der Waals surface area contributed by atoms with Crippen LogP contribution in [0.25, 0.3) is 0 Å². The fourth-order valence-corrected chi connectivity index (χ4v) is 3.34. The van der Waals surface area contributed by atoms with Gasteiger partial charge in [0.1, 0.15) is 0 Å². The van der Waals surface area contributed by atoms with Gasteiger partial charge in [0.25, 0.3) is 5.91 Å². The summed E-state index contributed by atoms with van der Waals surface area (Å²) in [7, 11) is -10.8. The molecule has 1 aromatic rings. The molecule has 5 N–H and O–H groups in total. The molecule has 0 bridgehead atoms. The van der Waals surface area contributed by atoms with Crippen LogP contribution in [0.1, 0.15) is 6.92 Å². The van der Waals surface area contributed by atoms with Gasteiger partial charge in [0.05, 0.1) is 0 Å². The molecule has 0 atom stereocenters. The Hall–Kier alpha value is -0.720. The summed E-state index contributed by atoms with van der Waals surface area (Å²) >= 11 is 5.62. The van der Waals surface area contributed by atoms with Crippen LogP contribution < -0.4 is 5.32 Å². The first-order chi connectivity index (χ1) is 8.89. The number of benzene rings is 1. The van der Waals surface area contributed by atoms with Crippen LogP contribution in [-0.2, 0) is 13.9 Å². The number of carbonyl (C=O) groups is 1. The van der Waals surface area contributed by atoms with Crippen LogP contribution in [0.15, 0.2) is 24.3 Å². The molecule has 0 spiro atoms. The summed E-state index contributed by atoms with van der Waals surface area (Å²) in [6.45, 7) is 0.514. The average molecular weight is 344 g/mol. The van der Waals surface area contributed by atoms with Crippen molar-refractivity contribution in [3.63, 3.8) is 0 Å². The van der Waals surface area contributed by atoms with Gasteiger partial charge in [0.2, 0.25) is 4.90 Å². The van der Waals surface area contributed by atoms with E-state index in [4.69, 9.17) is 31.2 Å². The standard InChI is InChI=1S/C9H12ClNO7P2/c1-9(19(13,14)15,20(16,17)18)8(12)11-7-4-2-6(10)3-5-7/h2-5H,1H3,(H,11,12)(H2,13,14,15)(H2,16,17,18). The van der Waals surface area contributed by atoms with E-state index in [0.717, 1.165) is 0 Å². The zero-order chi connectivity index (χ0) is 15.8. The van der Waals surface area contributed by atoms with Crippen molar-refractivity contribution in [1.82, 2.24) is 0 Å². The highest BCUT2D eigenvalue weighted by Gasteiger charge is 2.62. The van der Waals surface area contributed by atoms with Gasteiger partial charge in [-0.3, -0.25) is 13.9 Å². The molecular weight excluding hydrogens is 332 g/mol. The number of anilines is 1. The summed E-state index contributed by atoms with van der Waals surface area (Å²) in [4.78, 5) is 45.1. The van der Waals surface area contributed by atoms with Crippen molar-refractivity contribution in [3.8, 4) is 0 Å². The Morgan fingerprint density at radius 2 is 1.50 bits per heavy atom. The first-order valence-corrected chi connectivity index (χ1v) is 8.68. The zero-order valence-electron chi connectivity index (χ0n) is 10.1. The van der Waals surface area contributed by atoms with Crippen LogP contribution in [-0.4, -0.2) is 30.4 Å². The SMILES string of the molecule is CC(C(=O)Nc1ccc(Cl)cc1)(P(=O)(O)O)P(=O)(O)O. The van der Waals surface area contributed by atoms with Gasteiger partial charge in [0, 0.05) is 10.7 Å². The number of halogens is 1. The lowest BCUT2D eigenvalue weighted by Gasteiger charge is -2.29. The average Bonchev–Trinajstić information content (AvgIpc) is 2.28. The fraction of sp³-hybridized carbons (Fsp3) is 0.222. The Morgan fingerprint density at radius 1 is 1.10 bits per heavy atom. The summed E-state index contributed by atoms with van der Waals surface area (Å²) in [6.07, 6.45) is 0. The molecule has 112 valence electrons. The molecule has 20 heavy (non-hydrogen) atoms. The Morgan fingerprint density at radius 3 is 1.85 bits per heavy atom. The van der Waals surface area contributed by atoms with Crippen molar-refractivity contribution in [3.05, 3.63) is 29.3 Å². The third-order valence-electron chi connectivity index (χ3n) is 2.67. The molecule has 8 nitrogen and oxygen atoms in total. The third kappa shape index (κ3) is 3.30. The van der Waals surface area contributed by atoms with Crippen molar-refractivity contribution in [2.45, 2.75) is 11.8 Å². The minimum atomic E-state index is -5.41. The Bertz CT molecular complexity index is 583. The molecule has 0 fully saturated rings. The van der Waals surface area contributed by atoms with E-state index in [1.807, 2.05) is 5.32 Å². The van der Waals surface area contributed by atoms with E-state index in [0.29, 0.717) is 11.9 Å². The van der Waals surface area contributed by atoms with Crippen LogP contribution in [0.4, 0.5) is 5.69 Å². The van der Waals surface area contributed by atoms with Gasteiger partial charge >= 0.3 is 15.2 Å². The van der Waals surface area contributed by atoms with Crippen molar-refractivity contribution >= 4 is 38.4 Å². The van der Waals surface area contributed by atoms with Crippen molar-refractivity contribution in [1.29, 1.82) is 0 Å². The topological polar surface area (TPSA) is 144 Å². The van der Waals surface area contributed by atoms with E-state index in [-0.39, 0.29) is 5.69 Å². The molecule has 0 aromatic heterocycles. The normalized spacial score (nSPS) is 13.1. The predicted molar refractivity (Wildman–Crippen MR) is 72.6 cm³/mol. The van der Waals surface area contributed by atoms with Gasteiger partial charge in [-0.15, -0.1) is 0 Å². The van der Waals surface area contributed by atoms with Crippen LogP contribution in [0.2, 0.25) is 5.02 Å². The van der Waals surface area contributed by atoms with Gasteiger partial charge < -0.3 is 24.9 Å². The van der Waals surface area contributed by atoms with E-state index < -0.39 is 26.0 Å². The molecule has 0 saturated heterocycles. The van der Waals surface area contributed by atoms with E-state index >= 15 is 0 Å². The predicted octanol–water partition coefficient (Wildman–Crippen LogP) is 1.35. The molecule has 0 aliphatic carbocycles. The smallest absolute Gasteiger partial charge is 0.324 e. The fourth-order valence-electron chi connectivity index (χ4n) is 1.22. The van der Waals surface area contributed by atoms with E-state index in [2.05, 4.69) is 0 Å². The second-order valence-electron chi connectivity index (χ2n) is 4.07. The number of carbonyl (C=O) groups excluding carboxylic acids is 1. The van der Waals surface area contributed by atoms with Gasteiger partial charge in [-0.25, -0.2) is 0 Å². The maximum absolute atomic E-state index is 11.9. The minimum absolute atomic E-state index is 0.0903. The molecule has 1 aromatic carbocycles. The van der Waals surface area contributed by atoms with Gasteiger partial charge in [0.15, 0.2) is 0 Å². The molecule has 11 heteroatoms. The maximum atomic E-state index is 11.9. The highest BCUT2D eigenvalue weighted by atomic mass is 35.5. The largest absolute Gasteiger partial charge is 0.353 e. The lowest BCUT2D eigenvalue weighted by atomic mass is 10.3. The van der Waals surface area contributed by atoms with Crippen LogP contribution >= 0.6 is 26.8 Å². The number of nitrogens with one attached hydrogen (secondary N) is 1. The highest BCUT2D eigenvalue weighted by Crippen LogP contribution is 2.69. The molecule has 0 radical (unpaired) electrons. The first kappa shape index (κ1) is 17.3. The first-order valence-electron chi connectivity index (χ1n) is 5.08. The zero-order valence-corrected chi connectivity index (χ0v) is 12.6. The molecule has 1 amide bonds. The lowest BCUT2D eigenvalue weighted by molar-refractivity contribution is -0.117. The van der Waals surface area contributed by atoms with Crippen molar-refractivity contribution in [2.24, 2.45) is 0 Å². The van der Waals surface area contributed by atoms with Crippen molar-refractivity contribution in [2.75, 3.05) is 5.32 Å². The van der Waals surface area contributed by atoms with E-state index in [1.165, 1.54) is 24.3 Å². The second kappa shape index (κ2) is 5.58. The molecule has 1 rings (SSSR count). The second-order valence-corrected chi connectivity index (χ2v) is 8.82. The van der Waals surface area contributed by atoms with Crippen LogP contribution in [0.5, 0.6) is 0 Å². The summed E-state index contributed by atoms with van der Waals surface area (Å²) in [6, 6.07) is 5.42. The maximum Gasteiger partial charge on any atom is 0.353 e. The molecule has 0 aliphatic heterocycles. The Kier molecular flexibility index (Phi) is 4.83. The van der Waals surface area contributed by atoms with Crippen LogP contribution in [0.3, 0.4) is 0 Å². The Balaban J connectivity index is 3.18. The number of hydrogen-bond acceptors (Lipinski definition) is 3. The lowest BCUT2D eigenvalue weighted by Crippen LogP contribution is -2.39. The van der Waals surface area contributed by atoms with Crippen LogP contribution in [0, 0.1) is 0 Å². The van der Waals surface area contributed by atoms with Gasteiger partial charge in [-0.2, -0.15) is 0 Å². The molecular formula is C9H12ClNO7P2. The monoisotopic (exact) mass is 343 g/mol. The Labute approximate surface area is 119 Å². The summed E-state index contributed by atoms with van der Waals surface area (Å²) in [5.74, 6) is -1.48.